The third-order valence-electron chi connectivity index (χ3n) is 2.44. The van der Waals surface area contributed by atoms with Crippen LogP contribution < -0.4 is 11.3 Å². The second kappa shape index (κ2) is 4.35. The maximum absolute atomic E-state index is 5.19. The third-order valence-corrected chi connectivity index (χ3v) is 3.04. The molecule has 7 heteroatoms. The highest BCUT2D eigenvalue weighted by Gasteiger charge is 2.13. The molecule has 0 unspecified atom stereocenters. The number of rotatable bonds is 2. The Labute approximate surface area is 110 Å². The molecular weight excluding hydrogens is 298 g/mol. The fraction of sp³-hybridized carbons (Fsp3) is 0. The van der Waals surface area contributed by atoms with Crippen molar-refractivity contribution in [3.8, 4) is 11.5 Å². The van der Waals surface area contributed by atoms with Gasteiger partial charge in [-0.2, -0.15) is 4.98 Å². The molecular formula is C11H8BrN5O. The lowest BCUT2D eigenvalue weighted by atomic mass is 10.2. The van der Waals surface area contributed by atoms with Gasteiger partial charge in [0.25, 0.3) is 0 Å². The van der Waals surface area contributed by atoms with E-state index in [4.69, 9.17) is 10.4 Å². The van der Waals surface area contributed by atoms with Gasteiger partial charge in [-0.05, 0) is 28.1 Å². The second-order valence-electron chi connectivity index (χ2n) is 3.58. The molecule has 0 saturated heterocycles. The monoisotopic (exact) mass is 305 g/mol. The van der Waals surface area contributed by atoms with Gasteiger partial charge in [-0.1, -0.05) is 23.4 Å². The van der Waals surface area contributed by atoms with Gasteiger partial charge >= 0.3 is 6.01 Å². The van der Waals surface area contributed by atoms with Crippen molar-refractivity contribution in [3.05, 3.63) is 34.8 Å². The fourth-order valence-electron chi connectivity index (χ4n) is 1.63. The molecule has 0 atom stereocenters. The van der Waals surface area contributed by atoms with Crippen molar-refractivity contribution in [2.45, 2.75) is 0 Å². The average molecular weight is 306 g/mol. The molecule has 0 aliphatic carbocycles. The Balaban J connectivity index is 2.19. The van der Waals surface area contributed by atoms with E-state index in [0.717, 1.165) is 15.4 Å². The first-order valence-electron chi connectivity index (χ1n) is 5.14. The van der Waals surface area contributed by atoms with E-state index in [1.54, 1.807) is 0 Å². The van der Waals surface area contributed by atoms with Gasteiger partial charge in [0, 0.05) is 9.86 Å². The lowest BCUT2D eigenvalue weighted by molar-refractivity contribution is 0.432. The molecule has 0 saturated carbocycles. The number of fused-ring (bicyclic) bond motifs is 1. The van der Waals surface area contributed by atoms with Crippen molar-refractivity contribution in [1.29, 1.82) is 0 Å². The van der Waals surface area contributed by atoms with Gasteiger partial charge in [-0.15, -0.1) is 0 Å². The van der Waals surface area contributed by atoms with Crippen LogP contribution in [0.2, 0.25) is 0 Å². The standard InChI is InChI=1S/C11H8BrN5O/c12-7-5-6-3-1-2-4-8(6)14-9(7)10-15-11(16-13)18-17-10/h1-5H,13H2,(H,15,16,17). The van der Waals surface area contributed by atoms with Crippen molar-refractivity contribution < 1.29 is 4.52 Å². The third kappa shape index (κ3) is 1.83. The molecule has 0 aliphatic rings. The molecule has 0 bridgehead atoms. The summed E-state index contributed by atoms with van der Waals surface area (Å²) >= 11 is 3.45. The van der Waals surface area contributed by atoms with Crippen LogP contribution in [0.3, 0.4) is 0 Å². The summed E-state index contributed by atoms with van der Waals surface area (Å²) < 4.78 is 5.67. The zero-order valence-electron chi connectivity index (χ0n) is 9.09. The Morgan fingerprint density at radius 1 is 1.22 bits per heavy atom. The van der Waals surface area contributed by atoms with E-state index < -0.39 is 0 Å². The molecule has 0 spiro atoms. The molecule has 3 aromatic rings. The van der Waals surface area contributed by atoms with Crippen LogP contribution in [-0.4, -0.2) is 15.1 Å². The van der Waals surface area contributed by atoms with Gasteiger partial charge in [-0.3, -0.25) is 5.43 Å². The molecule has 0 radical (unpaired) electrons. The molecule has 0 aliphatic heterocycles. The summed E-state index contributed by atoms with van der Waals surface area (Å²) in [4.78, 5) is 8.55. The summed E-state index contributed by atoms with van der Waals surface area (Å²) in [6.45, 7) is 0. The Hall–Kier alpha value is -1.99. The van der Waals surface area contributed by atoms with E-state index in [2.05, 4.69) is 36.5 Å². The van der Waals surface area contributed by atoms with Gasteiger partial charge in [0.1, 0.15) is 5.69 Å². The first-order chi connectivity index (χ1) is 8.78. The normalized spacial score (nSPS) is 10.8. The smallest absolute Gasteiger partial charge is 0.314 e. The molecule has 2 aromatic heterocycles. The molecule has 90 valence electrons. The summed E-state index contributed by atoms with van der Waals surface area (Å²) in [5.74, 6) is 5.57. The van der Waals surface area contributed by atoms with Crippen LogP contribution in [0.1, 0.15) is 0 Å². The molecule has 0 fully saturated rings. The molecule has 2 heterocycles. The predicted octanol–water partition coefficient (Wildman–Crippen LogP) is 2.33. The van der Waals surface area contributed by atoms with Crippen molar-refractivity contribution in [2.75, 3.05) is 5.43 Å². The SMILES string of the molecule is NNc1nc(-c2nc3ccccc3cc2Br)no1. The number of para-hydroxylation sites is 1. The minimum Gasteiger partial charge on any atom is -0.314 e. The summed E-state index contributed by atoms with van der Waals surface area (Å²) in [5.41, 5.74) is 3.76. The van der Waals surface area contributed by atoms with E-state index in [1.165, 1.54) is 0 Å². The second-order valence-corrected chi connectivity index (χ2v) is 4.43. The van der Waals surface area contributed by atoms with Gasteiger partial charge in [-0.25, -0.2) is 10.8 Å². The van der Waals surface area contributed by atoms with E-state index >= 15 is 0 Å². The summed E-state index contributed by atoms with van der Waals surface area (Å²) in [7, 11) is 0. The number of hydrogen-bond donors (Lipinski definition) is 2. The number of hydrazine groups is 1. The summed E-state index contributed by atoms with van der Waals surface area (Å²) in [6.07, 6.45) is 0. The van der Waals surface area contributed by atoms with Gasteiger partial charge in [0.15, 0.2) is 0 Å². The number of benzene rings is 1. The highest BCUT2D eigenvalue weighted by Crippen LogP contribution is 2.28. The number of nitrogens with two attached hydrogens (primary N) is 1. The molecule has 3 N–H and O–H groups in total. The average Bonchev–Trinajstić information content (AvgIpc) is 2.86. The van der Waals surface area contributed by atoms with Crippen LogP contribution in [0.15, 0.2) is 39.3 Å². The van der Waals surface area contributed by atoms with Crippen molar-refractivity contribution in [1.82, 2.24) is 15.1 Å². The van der Waals surface area contributed by atoms with E-state index in [0.29, 0.717) is 11.5 Å². The topological polar surface area (TPSA) is 89.9 Å². The zero-order valence-corrected chi connectivity index (χ0v) is 10.7. The number of pyridine rings is 1. The van der Waals surface area contributed by atoms with Crippen LogP contribution >= 0.6 is 15.9 Å². The quantitative estimate of drug-likeness (QED) is 0.558. The van der Waals surface area contributed by atoms with Crippen LogP contribution in [0.25, 0.3) is 22.4 Å². The Bertz CT molecular complexity index is 711. The lowest BCUT2D eigenvalue weighted by Gasteiger charge is -2.01. The number of nitrogens with zero attached hydrogens (tertiary/aromatic N) is 3. The Morgan fingerprint density at radius 3 is 2.83 bits per heavy atom. The maximum Gasteiger partial charge on any atom is 0.335 e. The molecule has 6 nitrogen and oxygen atoms in total. The number of halogens is 1. The number of hydrogen-bond acceptors (Lipinski definition) is 6. The number of nitrogen functional groups attached to an aromatic ring is 1. The first kappa shape index (κ1) is 11.1. The van der Waals surface area contributed by atoms with E-state index in [-0.39, 0.29) is 6.01 Å². The molecule has 0 amide bonds. The van der Waals surface area contributed by atoms with Gasteiger partial charge in [0.2, 0.25) is 5.82 Å². The van der Waals surface area contributed by atoms with Crippen LogP contribution in [-0.2, 0) is 0 Å². The fourth-order valence-corrected chi connectivity index (χ4v) is 2.14. The van der Waals surface area contributed by atoms with Crippen LogP contribution in [0.5, 0.6) is 0 Å². The van der Waals surface area contributed by atoms with Crippen molar-refractivity contribution in [3.63, 3.8) is 0 Å². The minimum absolute atomic E-state index is 0.145. The van der Waals surface area contributed by atoms with Gasteiger partial charge < -0.3 is 4.52 Å². The zero-order chi connectivity index (χ0) is 12.5. The first-order valence-corrected chi connectivity index (χ1v) is 5.93. The molecule has 1 aromatic carbocycles. The van der Waals surface area contributed by atoms with Crippen LogP contribution in [0.4, 0.5) is 6.01 Å². The van der Waals surface area contributed by atoms with Gasteiger partial charge in [0.05, 0.1) is 5.52 Å². The van der Waals surface area contributed by atoms with E-state index in [9.17, 15) is 0 Å². The van der Waals surface area contributed by atoms with Crippen LogP contribution in [0, 0.1) is 0 Å². The van der Waals surface area contributed by atoms with E-state index in [1.807, 2.05) is 30.3 Å². The Morgan fingerprint density at radius 2 is 2.06 bits per heavy atom. The number of anilines is 1. The highest BCUT2D eigenvalue weighted by molar-refractivity contribution is 9.10. The number of aromatic nitrogens is 3. The Kier molecular flexibility index (Phi) is 2.69. The molecule has 3 rings (SSSR count). The van der Waals surface area contributed by atoms with Crippen molar-refractivity contribution >= 4 is 32.8 Å². The lowest BCUT2D eigenvalue weighted by Crippen LogP contribution is -2.06. The minimum atomic E-state index is 0.145. The van der Waals surface area contributed by atoms with Crippen molar-refractivity contribution in [2.24, 2.45) is 5.84 Å². The largest absolute Gasteiger partial charge is 0.335 e. The predicted molar refractivity (Wildman–Crippen MR) is 70.5 cm³/mol. The number of nitrogens with one attached hydrogen (secondary N) is 1. The molecule has 18 heavy (non-hydrogen) atoms. The summed E-state index contributed by atoms with van der Waals surface area (Å²) in [6, 6.07) is 9.90. The maximum atomic E-state index is 5.19. The summed E-state index contributed by atoms with van der Waals surface area (Å²) in [5, 5.41) is 4.84. The highest BCUT2D eigenvalue weighted by atomic mass is 79.9.